The van der Waals surface area contributed by atoms with Crippen LogP contribution in [-0.2, 0) is 52.2 Å². The Hall–Kier alpha value is -2.33. The SMILES string of the molecule is CCOC(=O)/C=C/COCCOCCOCCOCCOCCOCCOCCN(C(=O)OC(C)(C)C)C(=O)OC(C)(C)C. The van der Waals surface area contributed by atoms with E-state index < -0.39 is 23.4 Å². The smallest absolute Gasteiger partial charge is 0.419 e. The van der Waals surface area contributed by atoms with Crippen molar-refractivity contribution < 1.29 is 61.8 Å². The maximum Gasteiger partial charge on any atom is 0.419 e. The fourth-order valence-electron chi connectivity index (χ4n) is 2.85. The zero-order valence-corrected chi connectivity index (χ0v) is 27.7. The maximum absolute atomic E-state index is 12.4. The van der Waals surface area contributed by atoms with Crippen LogP contribution in [0.4, 0.5) is 9.59 Å². The van der Waals surface area contributed by atoms with Crippen molar-refractivity contribution in [2.75, 3.05) is 106 Å². The van der Waals surface area contributed by atoms with E-state index in [9.17, 15) is 14.4 Å². The second kappa shape index (κ2) is 25.9. The van der Waals surface area contributed by atoms with Gasteiger partial charge in [0.25, 0.3) is 0 Å². The Morgan fingerprint density at radius 1 is 0.545 bits per heavy atom. The molecule has 0 aromatic carbocycles. The van der Waals surface area contributed by atoms with E-state index >= 15 is 0 Å². The van der Waals surface area contributed by atoms with Gasteiger partial charge in [0, 0.05) is 6.08 Å². The van der Waals surface area contributed by atoms with Crippen molar-refractivity contribution in [1.29, 1.82) is 0 Å². The van der Waals surface area contributed by atoms with Gasteiger partial charge in [-0.2, -0.15) is 0 Å². The van der Waals surface area contributed by atoms with Gasteiger partial charge in [0.05, 0.1) is 106 Å². The van der Waals surface area contributed by atoms with Crippen molar-refractivity contribution in [2.45, 2.75) is 59.7 Å². The quantitative estimate of drug-likeness (QED) is 0.0624. The van der Waals surface area contributed by atoms with Crippen LogP contribution in [0.25, 0.3) is 0 Å². The number of amides is 2. The molecule has 0 aliphatic rings. The Morgan fingerprint density at radius 3 is 1.23 bits per heavy atom. The highest BCUT2D eigenvalue weighted by atomic mass is 16.6. The van der Waals surface area contributed by atoms with Gasteiger partial charge in [-0.05, 0) is 48.5 Å². The average molecular weight is 638 g/mol. The molecule has 0 aromatic rings. The Balaban J connectivity index is 3.60. The molecule has 0 unspecified atom stereocenters. The van der Waals surface area contributed by atoms with Crippen LogP contribution in [0.3, 0.4) is 0 Å². The summed E-state index contributed by atoms with van der Waals surface area (Å²) < 4.78 is 53.3. The molecular weight excluding hydrogens is 582 g/mol. The zero-order valence-electron chi connectivity index (χ0n) is 27.7. The molecule has 0 N–H and O–H groups in total. The molecule has 0 aliphatic carbocycles. The van der Waals surface area contributed by atoms with Gasteiger partial charge in [-0.25, -0.2) is 19.3 Å². The van der Waals surface area contributed by atoms with Gasteiger partial charge < -0.3 is 47.4 Å². The fourth-order valence-corrected chi connectivity index (χ4v) is 2.85. The minimum absolute atomic E-state index is 0.0126. The molecule has 0 fully saturated rings. The number of rotatable bonds is 25. The van der Waals surface area contributed by atoms with E-state index in [2.05, 4.69) is 0 Å². The third kappa shape index (κ3) is 28.4. The molecule has 0 aliphatic heterocycles. The first-order valence-corrected chi connectivity index (χ1v) is 15.0. The highest BCUT2D eigenvalue weighted by Gasteiger charge is 2.30. The molecule has 0 bridgehead atoms. The van der Waals surface area contributed by atoms with E-state index in [0.29, 0.717) is 85.9 Å². The third-order valence-electron chi connectivity index (χ3n) is 4.67. The molecule has 14 heteroatoms. The number of hydrogen-bond acceptors (Lipinski definition) is 13. The van der Waals surface area contributed by atoms with Gasteiger partial charge in [0.2, 0.25) is 0 Å². The second-order valence-electron chi connectivity index (χ2n) is 11.0. The topological polar surface area (TPSA) is 147 Å². The van der Waals surface area contributed by atoms with Crippen molar-refractivity contribution in [2.24, 2.45) is 0 Å². The van der Waals surface area contributed by atoms with Gasteiger partial charge in [-0.15, -0.1) is 0 Å². The summed E-state index contributed by atoms with van der Waals surface area (Å²) in [5.41, 5.74) is -1.51. The van der Waals surface area contributed by atoms with Crippen molar-refractivity contribution in [3.8, 4) is 0 Å². The number of carbonyl (C=O) groups excluding carboxylic acids is 3. The zero-order chi connectivity index (χ0) is 33.1. The lowest BCUT2D eigenvalue weighted by molar-refractivity contribution is -0.137. The van der Waals surface area contributed by atoms with Gasteiger partial charge in [-0.3, -0.25) is 0 Å². The number of carbonyl (C=O) groups is 3. The standard InChI is InChI=1S/C30H55NO13/c1-8-42-26(32)10-9-12-35-14-16-37-18-20-39-22-24-41-25-23-40-21-19-38-17-15-36-13-11-31(27(33)43-29(2,3)4)28(34)44-30(5,6)7/h9-10H,8,11-25H2,1-7H3/b10-9+. The molecule has 14 nitrogen and oxygen atoms in total. The van der Waals surface area contributed by atoms with Crippen LogP contribution in [0.15, 0.2) is 12.2 Å². The fraction of sp³-hybridized carbons (Fsp3) is 0.833. The number of hydrogen-bond donors (Lipinski definition) is 0. The molecule has 0 heterocycles. The normalized spacial score (nSPS) is 12.0. The predicted octanol–water partition coefficient (Wildman–Crippen LogP) is 3.39. The summed E-state index contributed by atoms with van der Waals surface area (Å²) in [7, 11) is 0. The molecule has 0 atom stereocenters. The van der Waals surface area contributed by atoms with Crippen molar-refractivity contribution >= 4 is 18.2 Å². The molecule has 2 amide bonds. The van der Waals surface area contributed by atoms with E-state index in [1.165, 1.54) is 6.08 Å². The molecule has 0 radical (unpaired) electrons. The molecular formula is C30H55NO13. The summed E-state index contributed by atoms with van der Waals surface area (Å²) in [6.45, 7) is 17.8. The van der Waals surface area contributed by atoms with Crippen LogP contribution in [0, 0.1) is 0 Å². The van der Waals surface area contributed by atoms with Gasteiger partial charge in [0.15, 0.2) is 0 Å². The van der Waals surface area contributed by atoms with Gasteiger partial charge in [-0.1, -0.05) is 6.08 Å². The summed E-state index contributed by atoms with van der Waals surface area (Å²) in [4.78, 5) is 36.9. The molecule has 44 heavy (non-hydrogen) atoms. The van der Waals surface area contributed by atoms with Crippen LogP contribution in [0.2, 0.25) is 0 Å². The summed E-state index contributed by atoms with van der Waals surface area (Å²) in [6, 6.07) is 0. The summed E-state index contributed by atoms with van der Waals surface area (Å²) in [5.74, 6) is -0.381. The lowest BCUT2D eigenvalue weighted by Gasteiger charge is -2.28. The summed E-state index contributed by atoms with van der Waals surface area (Å²) >= 11 is 0. The number of nitrogens with zero attached hydrogens (tertiary/aromatic N) is 1. The van der Waals surface area contributed by atoms with Crippen LogP contribution < -0.4 is 0 Å². The van der Waals surface area contributed by atoms with Crippen LogP contribution in [-0.4, -0.2) is 140 Å². The highest BCUT2D eigenvalue weighted by Crippen LogP contribution is 2.14. The Morgan fingerprint density at radius 2 is 0.886 bits per heavy atom. The second-order valence-corrected chi connectivity index (χ2v) is 11.0. The first-order chi connectivity index (χ1) is 20.9. The first kappa shape index (κ1) is 41.7. The summed E-state index contributed by atoms with van der Waals surface area (Å²) in [5, 5.41) is 0. The number of esters is 1. The van der Waals surface area contributed by atoms with Gasteiger partial charge >= 0.3 is 18.2 Å². The molecule has 258 valence electrons. The van der Waals surface area contributed by atoms with E-state index in [4.69, 9.17) is 47.4 Å². The van der Waals surface area contributed by atoms with E-state index in [1.54, 1.807) is 54.5 Å². The van der Waals surface area contributed by atoms with E-state index in [1.807, 2.05) is 0 Å². The lowest BCUT2D eigenvalue weighted by Crippen LogP contribution is -2.45. The molecule has 0 rings (SSSR count). The third-order valence-corrected chi connectivity index (χ3v) is 4.67. The highest BCUT2D eigenvalue weighted by molar-refractivity contribution is 5.88. The monoisotopic (exact) mass is 637 g/mol. The van der Waals surface area contributed by atoms with Crippen LogP contribution in [0.5, 0.6) is 0 Å². The Bertz CT molecular complexity index is 750. The minimum Gasteiger partial charge on any atom is -0.463 e. The van der Waals surface area contributed by atoms with Crippen LogP contribution in [0.1, 0.15) is 48.5 Å². The molecule has 0 aromatic heterocycles. The number of ether oxygens (including phenoxy) is 10. The van der Waals surface area contributed by atoms with E-state index in [-0.39, 0.29) is 25.7 Å². The molecule has 0 spiro atoms. The van der Waals surface area contributed by atoms with E-state index in [0.717, 1.165) is 4.90 Å². The predicted molar refractivity (Wildman–Crippen MR) is 161 cm³/mol. The van der Waals surface area contributed by atoms with Gasteiger partial charge in [0.1, 0.15) is 11.2 Å². The minimum atomic E-state index is -0.789. The number of imide groups is 1. The Labute approximate surface area is 262 Å². The Kier molecular flexibility index (Phi) is 24.6. The lowest BCUT2D eigenvalue weighted by atomic mass is 10.2. The van der Waals surface area contributed by atoms with Crippen LogP contribution >= 0.6 is 0 Å². The maximum atomic E-state index is 12.4. The molecule has 0 saturated heterocycles. The van der Waals surface area contributed by atoms with Crippen molar-refractivity contribution in [3.63, 3.8) is 0 Å². The molecule has 0 saturated carbocycles. The average Bonchev–Trinajstić information content (AvgIpc) is 2.91. The van der Waals surface area contributed by atoms with Crippen molar-refractivity contribution in [3.05, 3.63) is 12.2 Å². The van der Waals surface area contributed by atoms with Crippen molar-refractivity contribution in [1.82, 2.24) is 4.90 Å². The largest absolute Gasteiger partial charge is 0.463 e. The summed E-state index contributed by atoms with van der Waals surface area (Å²) in [6.07, 6.45) is 1.36. The first-order valence-electron chi connectivity index (χ1n) is 15.0.